The summed E-state index contributed by atoms with van der Waals surface area (Å²) in [5.74, 6) is 0.847. The third-order valence-corrected chi connectivity index (χ3v) is 6.97. The quantitative estimate of drug-likeness (QED) is 0.739. The van der Waals surface area contributed by atoms with E-state index in [0.717, 1.165) is 49.0 Å². The Balaban J connectivity index is 1.48. The van der Waals surface area contributed by atoms with E-state index >= 15 is 0 Å². The van der Waals surface area contributed by atoms with E-state index in [-0.39, 0.29) is 23.9 Å². The van der Waals surface area contributed by atoms with Crippen molar-refractivity contribution < 1.29 is 24.1 Å². The van der Waals surface area contributed by atoms with Gasteiger partial charge in [-0.1, -0.05) is 32.6 Å². The number of Topliss-reactive ketones (excluding diaryl/α,β-unsaturated/α-hetero) is 1. The van der Waals surface area contributed by atoms with Crippen LogP contribution in [0.3, 0.4) is 0 Å². The van der Waals surface area contributed by atoms with Crippen molar-refractivity contribution in [3.8, 4) is 0 Å². The van der Waals surface area contributed by atoms with Gasteiger partial charge in [-0.2, -0.15) is 0 Å². The number of hydrogen-bond acceptors (Lipinski definition) is 5. The summed E-state index contributed by atoms with van der Waals surface area (Å²) in [5.41, 5.74) is 1.77. The normalized spacial score (nSPS) is 40.0. The average Bonchev–Trinajstić information content (AvgIpc) is 2.94. The predicted octanol–water partition coefficient (Wildman–Crippen LogP) is 3.90. The molecule has 3 heterocycles. The molecule has 1 N–H and O–H groups in total. The molecule has 5 heteroatoms. The van der Waals surface area contributed by atoms with Crippen LogP contribution < -0.4 is 0 Å². The van der Waals surface area contributed by atoms with Gasteiger partial charge in [-0.05, 0) is 25.7 Å². The van der Waals surface area contributed by atoms with E-state index in [2.05, 4.69) is 6.92 Å². The number of rotatable bonds is 5. The lowest BCUT2D eigenvalue weighted by atomic mass is 9.70. The average molecular weight is 374 g/mol. The maximum Gasteiger partial charge on any atom is 0.195 e. The number of carbonyl (C=O) groups excluding carboxylic acids is 1. The van der Waals surface area contributed by atoms with Crippen LogP contribution in [0.4, 0.5) is 0 Å². The second-order valence-electron chi connectivity index (χ2n) is 8.75. The molecule has 2 fully saturated rings. The summed E-state index contributed by atoms with van der Waals surface area (Å²) >= 11 is 0. The molecule has 0 saturated carbocycles. The van der Waals surface area contributed by atoms with Crippen molar-refractivity contribution in [3.05, 3.63) is 22.7 Å². The minimum absolute atomic E-state index is 0.00546. The topological polar surface area (TPSA) is 65.0 Å². The van der Waals surface area contributed by atoms with Gasteiger partial charge in [0.2, 0.25) is 0 Å². The number of allylic oxidation sites excluding steroid dienone is 2. The third-order valence-electron chi connectivity index (χ3n) is 6.97. The highest BCUT2D eigenvalue weighted by Crippen LogP contribution is 2.58. The van der Waals surface area contributed by atoms with Crippen molar-refractivity contribution in [2.45, 2.75) is 102 Å². The van der Waals surface area contributed by atoms with Gasteiger partial charge in [0.05, 0.1) is 12.2 Å². The Hall–Kier alpha value is -1.17. The first-order valence-corrected chi connectivity index (χ1v) is 10.9. The standard InChI is InChI=1S/C22H30O5/c1-2-3-4-5-8-16-18-12-13-19-14(23)7-6-9-17(19)25-21-15(24)10-11-22(26-16,27-18)20(13)21/h13,15-16,18,24H,2-12H2,1H3/t13-,15-,16-,18-,22+/m0/s1. The lowest BCUT2D eigenvalue weighted by molar-refractivity contribution is -0.184. The summed E-state index contributed by atoms with van der Waals surface area (Å²) in [5, 5.41) is 10.6. The summed E-state index contributed by atoms with van der Waals surface area (Å²) < 4.78 is 19.1. The maximum absolute atomic E-state index is 12.7. The van der Waals surface area contributed by atoms with Gasteiger partial charge in [0.1, 0.15) is 17.6 Å². The number of aliphatic hydroxyl groups excluding tert-OH is 1. The van der Waals surface area contributed by atoms with E-state index in [1.807, 2.05) is 0 Å². The third kappa shape index (κ3) is 2.73. The molecule has 0 radical (unpaired) electrons. The lowest BCUT2D eigenvalue weighted by Crippen LogP contribution is -2.49. The number of carbonyl (C=O) groups is 1. The van der Waals surface area contributed by atoms with Crippen molar-refractivity contribution in [1.82, 2.24) is 0 Å². The fourth-order valence-electron chi connectivity index (χ4n) is 5.72. The van der Waals surface area contributed by atoms with Crippen LogP contribution in [-0.4, -0.2) is 35.0 Å². The highest BCUT2D eigenvalue weighted by molar-refractivity contribution is 5.98. The summed E-state index contributed by atoms with van der Waals surface area (Å²) in [6, 6.07) is 0. The van der Waals surface area contributed by atoms with Crippen LogP contribution in [0.1, 0.15) is 77.6 Å². The Morgan fingerprint density at radius 2 is 2.07 bits per heavy atom. The van der Waals surface area contributed by atoms with Gasteiger partial charge in [0, 0.05) is 36.3 Å². The fourth-order valence-corrected chi connectivity index (χ4v) is 5.72. The number of unbranched alkanes of at least 4 members (excludes halogenated alkanes) is 3. The van der Waals surface area contributed by atoms with E-state index in [0.29, 0.717) is 25.0 Å². The first-order chi connectivity index (χ1) is 13.1. The number of hydrogen-bond donors (Lipinski definition) is 1. The molecule has 5 aliphatic rings. The summed E-state index contributed by atoms with van der Waals surface area (Å²) in [6.45, 7) is 2.22. The van der Waals surface area contributed by atoms with Crippen molar-refractivity contribution in [2.24, 2.45) is 5.92 Å². The van der Waals surface area contributed by atoms with Crippen LogP contribution in [0.2, 0.25) is 0 Å². The summed E-state index contributed by atoms with van der Waals surface area (Å²) in [6.07, 6.45) is 9.60. The Kier molecular flexibility index (Phi) is 4.45. The summed E-state index contributed by atoms with van der Waals surface area (Å²) in [7, 11) is 0. The lowest BCUT2D eigenvalue weighted by Gasteiger charge is -2.47. The number of fused-ring (bicyclic) bond motifs is 2. The molecule has 2 saturated heterocycles. The second kappa shape index (κ2) is 6.71. The van der Waals surface area contributed by atoms with E-state index in [9.17, 15) is 9.90 Å². The van der Waals surface area contributed by atoms with Gasteiger partial charge >= 0.3 is 0 Å². The molecular weight excluding hydrogens is 344 g/mol. The molecule has 0 unspecified atom stereocenters. The predicted molar refractivity (Wildman–Crippen MR) is 98.6 cm³/mol. The maximum atomic E-state index is 12.7. The van der Waals surface area contributed by atoms with Gasteiger partial charge < -0.3 is 19.3 Å². The number of ketones is 1. The van der Waals surface area contributed by atoms with Crippen LogP contribution in [-0.2, 0) is 19.0 Å². The first-order valence-electron chi connectivity index (χ1n) is 10.9. The molecule has 0 aromatic carbocycles. The van der Waals surface area contributed by atoms with Crippen LogP contribution >= 0.6 is 0 Å². The van der Waals surface area contributed by atoms with E-state index in [1.165, 1.54) is 19.3 Å². The molecule has 2 bridgehead atoms. The molecule has 5 nitrogen and oxygen atoms in total. The molecule has 2 aliphatic carbocycles. The van der Waals surface area contributed by atoms with Crippen molar-refractivity contribution >= 4 is 5.78 Å². The summed E-state index contributed by atoms with van der Waals surface area (Å²) in [4.78, 5) is 12.7. The second-order valence-corrected chi connectivity index (χ2v) is 8.75. The molecule has 1 spiro atoms. The number of ether oxygens (including phenoxy) is 3. The number of aliphatic hydroxyl groups is 1. The largest absolute Gasteiger partial charge is 0.463 e. The van der Waals surface area contributed by atoms with Crippen LogP contribution in [0, 0.1) is 5.92 Å². The minimum Gasteiger partial charge on any atom is -0.463 e. The highest BCUT2D eigenvalue weighted by atomic mass is 16.8. The van der Waals surface area contributed by atoms with Gasteiger partial charge in [-0.3, -0.25) is 4.79 Å². The molecular formula is C22H30O5. The molecule has 0 aromatic rings. The van der Waals surface area contributed by atoms with Crippen LogP contribution in [0.5, 0.6) is 0 Å². The first kappa shape index (κ1) is 17.9. The molecule has 3 aliphatic heterocycles. The minimum atomic E-state index is -0.784. The monoisotopic (exact) mass is 374 g/mol. The van der Waals surface area contributed by atoms with Crippen molar-refractivity contribution in [2.75, 3.05) is 0 Å². The fraction of sp³-hybridized carbons (Fsp3) is 0.773. The zero-order valence-electron chi connectivity index (χ0n) is 16.2. The molecule has 0 amide bonds. The highest BCUT2D eigenvalue weighted by Gasteiger charge is 2.62. The Bertz CT molecular complexity index is 707. The molecule has 5 atom stereocenters. The molecule has 5 rings (SSSR count). The van der Waals surface area contributed by atoms with E-state index < -0.39 is 11.9 Å². The van der Waals surface area contributed by atoms with Crippen molar-refractivity contribution in [3.63, 3.8) is 0 Å². The SMILES string of the molecule is CCCCCC[C@@H]1O[C@@]23CC[C@H](O)C4=C2[C@@H](C[C@@H]1O3)C1=C(CCCC1=O)O4. The van der Waals surface area contributed by atoms with Gasteiger partial charge in [-0.25, -0.2) is 0 Å². The van der Waals surface area contributed by atoms with Crippen LogP contribution in [0.25, 0.3) is 0 Å². The Labute approximate surface area is 160 Å². The van der Waals surface area contributed by atoms with Crippen molar-refractivity contribution in [1.29, 1.82) is 0 Å². The Morgan fingerprint density at radius 3 is 2.93 bits per heavy atom. The molecule has 27 heavy (non-hydrogen) atoms. The van der Waals surface area contributed by atoms with Crippen LogP contribution in [0.15, 0.2) is 22.7 Å². The van der Waals surface area contributed by atoms with E-state index in [4.69, 9.17) is 14.2 Å². The molecule has 148 valence electrons. The zero-order valence-corrected chi connectivity index (χ0v) is 16.2. The van der Waals surface area contributed by atoms with Gasteiger partial charge in [0.15, 0.2) is 11.6 Å². The Morgan fingerprint density at radius 1 is 1.19 bits per heavy atom. The van der Waals surface area contributed by atoms with E-state index in [1.54, 1.807) is 0 Å². The zero-order chi connectivity index (χ0) is 18.6. The smallest absolute Gasteiger partial charge is 0.195 e. The van der Waals surface area contributed by atoms with Gasteiger partial charge in [-0.15, -0.1) is 0 Å². The van der Waals surface area contributed by atoms with Gasteiger partial charge in [0.25, 0.3) is 0 Å². The molecule has 0 aromatic heterocycles.